The van der Waals surface area contributed by atoms with Crippen LogP contribution in [0.25, 0.3) is 10.9 Å². The topological polar surface area (TPSA) is 42.0 Å². The van der Waals surface area contributed by atoms with Crippen molar-refractivity contribution in [2.24, 2.45) is 0 Å². The minimum Gasteiger partial charge on any atom is -0.348 e. The molecular weight excluding hydrogens is 452 g/mol. The normalized spacial score (nSPS) is 15.1. The molecular formula is C25H24F4N2OS. The molecule has 0 spiro atoms. The van der Waals surface area contributed by atoms with E-state index in [0.29, 0.717) is 27.1 Å². The summed E-state index contributed by atoms with van der Waals surface area (Å²) in [6.07, 6.45) is 0.832. The van der Waals surface area contributed by atoms with Crippen molar-refractivity contribution >= 4 is 28.6 Å². The van der Waals surface area contributed by atoms with Gasteiger partial charge in [0.05, 0.1) is 16.6 Å². The summed E-state index contributed by atoms with van der Waals surface area (Å²) in [5.74, 6) is -0.760. The van der Waals surface area contributed by atoms with Gasteiger partial charge in [0.15, 0.2) is 0 Å². The van der Waals surface area contributed by atoms with Crippen LogP contribution in [0.5, 0.6) is 0 Å². The Balaban J connectivity index is 1.72. The lowest BCUT2D eigenvalue weighted by atomic mass is 10.0. The van der Waals surface area contributed by atoms with E-state index in [0.717, 1.165) is 44.2 Å². The van der Waals surface area contributed by atoms with E-state index in [2.05, 4.69) is 10.3 Å². The number of nitrogens with one attached hydrogen (secondary N) is 1. The fourth-order valence-corrected chi connectivity index (χ4v) is 5.59. The Bertz CT molecular complexity index is 1170. The monoisotopic (exact) mass is 476 g/mol. The molecule has 0 saturated heterocycles. The maximum absolute atomic E-state index is 13.5. The number of fused-ring (bicyclic) bond motifs is 1. The maximum Gasteiger partial charge on any atom is 0.416 e. The van der Waals surface area contributed by atoms with Gasteiger partial charge in [0.2, 0.25) is 0 Å². The van der Waals surface area contributed by atoms with Gasteiger partial charge in [0.25, 0.3) is 5.91 Å². The molecule has 1 saturated carbocycles. The third-order valence-electron chi connectivity index (χ3n) is 5.94. The van der Waals surface area contributed by atoms with E-state index in [1.807, 2.05) is 0 Å². The molecule has 4 rings (SSSR count). The lowest BCUT2D eigenvalue weighted by Crippen LogP contribution is -2.25. The van der Waals surface area contributed by atoms with E-state index in [1.54, 1.807) is 19.1 Å². The highest BCUT2D eigenvalue weighted by Crippen LogP contribution is 2.38. The molecule has 1 aromatic heterocycles. The number of nitrogens with zero attached hydrogens (tertiary/aromatic N) is 1. The summed E-state index contributed by atoms with van der Waals surface area (Å²) in [6, 6.07) is 9.40. The fourth-order valence-electron chi connectivity index (χ4n) is 4.19. The van der Waals surface area contributed by atoms with E-state index in [9.17, 15) is 22.4 Å². The molecule has 174 valence electrons. The van der Waals surface area contributed by atoms with Crippen LogP contribution in [0.15, 0.2) is 47.5 Å². The van der Waals surface area contributed by atoms with Crippen LogP contribution in [0.2, 0.25) is 0 Å². The number of carbonyl (C=O) groups is 1. The Morgan fingerprint density at radius 3 is 2.58 bits per heavy atom. The average Bonchev–Trinajstić information content (AvgIpc) is 2.77. The number of aromatic nitrogens is 1. The minimum atomic E-state index is -4.47. The number of amides is 1. The summed E-state index contributed by atoms with van der Waals surface area (Å²) in [7, 11) is 0. The second-order valence-electron chi connectivity index (χ2n) is 8.34. The largest absolute Gasteiger partial charge is 0.416 e. The van der Waals surface area contributed by atoms with Gasteiger partial charge in [0.1, 0.15) is 10.8 Å². The van der Waals surface area contributed by atoms with Crippen LogP contribution in [0.4, 0.5) is 17.6 Å². The molecule has 3 aromatic rings. The van der Waals surface area contributed by atoms with Crippen molar-refractivity contribution in [1.82, 2.24) is 10.3 Å². The molecule has 1 aliphatic carbocycles. The Kier molecular flexibility index (Phi) is 6.93. The molecule has 2 aromatic carbocycles. The van der Waals surface area contributed by atoms with E-state index >= 15 is 0 Å². The Morgan fingerprint density at radius 1 is 1.12 bits per heavy atom. The Labute approximate surface area is 194 Å². The van der Waals surface area contributed by atoms with Gasteiger partial charge in [-0.2, -0.15) is 13.2 Å². The summed E-state index contributed by atoms with van der Waals surface area (Å²) in [6.45, 7) is 1.87. The van der Waals surface area contributed by atoms with Gasteiger partial charge in [0, 0.05) is 17.2 Å². The zero-order valence-electron chi connectivity index (χ0n) is 18.1. The van der Waals surface area contributed by atoms with Gasteiger partial charge in [-0.1, -0.05) is 37.5 Å². The number of hydrogen-bond acceptors (Lipinski definition) is 3. The number of hydrogen-bond donors (Lipinski definition) is 1. The fraction of sp³-hybridized carbons (Fsp3) is 0.360. The van der Waals surface area contributed by atoms with Crippen molar-refractivity contribution in [2.45, 2.75) is 62.0 Å². The third kappa shape index (κ3) is 5.49. The van der Waals surface area contributed by atoms with Crippen LogP contribution in [-0.2, 0) is 12.7 Å². The molecule has 1 N–H and O–H groups in total. The molecule has 0 radical (unpaired) electrons. The van der Waals surface area contributed by atoms with Crippen LogP contribution >= 0.6 is 11.8 Å². The first-order valence-corrected chi connectivity index (χ1v) is 11.8. The van der Waals surface area contributed by atoms with Gasteiger partial charge in [-0.15, -0.1) is 11.8 Å². The van der Waals surface area contributed by atoms with Crippen molar-refractivity contribution in [3.8, 4) is 0 Å². The van der Waals surface area contributed by atoms with Crippen LogP contribution in [0, 0.1) is 12.7 Å². The first-order chi connectivity index (χ1) is 15.7. The lowest BCUT2D eigenvalue weighted by molar-refractivity contribution is -0.137. The molecule has 8 heteroatoms. The predicted octanol–water partition coefficient (Wildman–Crippen LogP) is 7.06. The highest BCUT2D eigenvalue weighted by molar-refractivity contribution is 7.99. The molecule has 0 unspecified atom stereocenters. The second-order valence-corrected chi connectivity index (χ2v) is 9.63. The average molecular weight is 477 g/mol. The molecule has 0 bridgehead atoms. The highest BCUT2D eigenvalue weighted by Gasteiger charge is 2.31. The molecule has 33 heavy (non-hydrogen) atoms. The van der Waals surface area contributed by atoms with Crippen molar-refractivity contribution in [3.63, 3.8) is 0 Å². The predicted molar refractivity (Wildman–Crippen MR) is 122 cm³/mol. The molecule has 0 atom stereocenters. The molecule has 1 aliphatic rings. The minimum absolute atomic E-state index is 0.134. The second kappa shape index (κ2) is 9.71. The van der Waals surface area contributed by atoms with E-state index < -0.39 is 11.7 Å². The summed E-state index contributed by atoms with van der Waals surface area (Å²) in [4.78, 5) is 17.8. The summed E-state index contributed by atoms with van der Waals surface area (Å²) >= 11 is 1.47. The summed E-state index contributed by atoms with van der Waals surface area (Å²) in [5.41, 5.74) is 1.03. The SMILES string of the molecule is Cc1c(C(=O)NCc2cccc(F)c2)c(SC2CCCCC2)nc2cc(C(F)(F)F)ccc12. The third-order valence-corrected chi connectivity index (χ3v) is 7.26. The summed E-state index contributed by atoms with van der Waals surface area (Å²) < 4.78 is 53.3. The number of aryl methyl sites for hydroxylation is 1. The summed E-state index contributed by atoms with van der Waals surface area (Å²) in [5, 5.41) is 4.04. The van der Waals surface area contributed by atoms with Gasteiger partial charge >= 0.3 is 6.18 Å². The standard InChI is InChI=1S/C25H24F4N2OS/c1-15-20-11-10-17(25(27,28)29)13-21(20)31-24(33-19-8-3-2-4-9-19)22(15)23(32)30-14-16-6-5-7-18(26)12-16/h5-7,10-13,19H,2-4,8-9,14H2,1H3,(H,30,32). The van der Waals surface area contributed by atoms with Crippen LogP contribution in [0.3, 0.4) is 0 Å². The quantitative estimate of drug-likeness (QED) is 0.401. The molecule has 1 fully saturated rings. The van der Waals surface area contributed by atoms with E-state index in [4.69, 9.17) is 0 Å². The van der Waals surface area contributed by atoms with Gasteiger partial charge in [-0.3, -0.25) is 4.79 Å². The zero-order chi connectivity index (χ0) is 23.6. The lowest BCUT2D eigenvalue weighted by Gasteiger charge is -2.23. The Hall–Kier alpha value is -2.61. The number of carbonyl (C=O) groups excluding carboxylic acids is 1. The zero-order valence-corrected chi connectivity index (χ0v) is 19.0. The van der Waals surface area contributed by atoms with E-state index in [-0.39, 0.29) is 29.0 Å². The van der Waals surface area contributed by atoms with Crippen molar-refractivity contribution in [1.29, 1.82) is 0 Å². The first-order valence-electron chi connectivity index (χ1n) is 10.9. The molecule has 1 amide bonds. The van der Waals surface area contributed by atoms with E-state index in [1.165, 1.54) is 30.0 Å². The number of thioether (sulfide) groups is 1. The maximum atomic E-state index is 13.5. The van der Waals surface area contributed by atoms with Gasteiger partial charge in [-0.25, -0.2) is 9.37 Å². The molecule has 1 heterocycles. The van der Waals surface area contributed by atoms with Crippen molar-refractivity contribution in [2.75, 3.05) is 0 Å². The first kappa shape index (κ1) is 23.5. The van der Waals surface area contributed by atoms with Crippen LogP contribution < -0.4 is 5.32 Å². The number of pyridine rings is 1. The number of alkyl halides is 3. The highest BCUT2D eigenvalue weighted by atomic mass is 32.2. The number of halogens is 4. The van der Waals surface area contributed by atoms with Gasteiger partial charge in [-0.05, 0) is 55.2 Å². The van der Waals surface area contributed by atoms with Gasteiger partial charge < -0.3 is 5.32 Å². The molecule has 3 nitrogen and oxygen atoms in total. The smallest absolute Gasteiger partial charge is 0.348 e. The van der Waals surface area contributed by atoms with Crippen molar-refractivity contribution in [3.05, 3.63) is 70.5 Å². The van der Waals surface area contributed by atoms with Crippen LogP contribution in [0.1, 0.15) is 59.2 Å². The Morgan fingerprint density at radius 2 is 1.88 bits per heavy atom. The number of benzene rings is 2. The van der Waals surface area contributed by atoms with Crippen molar-refractivity contribution < 1.29 is 22.4 Å². The molecule has 0 aliphatic heterocycles. The van der Waals surface area contributed by atoms with Crippen LogP contribution in [-0.4, -0.2) is 16.1 Å². The number of rotatable bonds is 5.